The number of carbonyl (C=O) groups excluding carboxylic acids is 1. The topological polar surface area (TPSA) is 65.4 Å². The Bertz CT molecular complexity index is 992. The molecule has 0 fully saturated rings. The van der Waals surface area contributed by atoms with Crippen molar-refractivity contribution in [3.8, 4) is 0 Å². The number of hydrogen-bond acceptors (Lipinski definition) is 5. The number of benzene rings is 1. The highest BCUT2D eigenvalue weighted by molar-refractivity contribution is 6.31. The average Bonchev–Trinajstić information content (AvgIpc) is 3.21. The minimum Gasteiger partial charge on any atom is -0.469 e. The second-order valence-electron chi connectivity index (χ2n) is 6.00. The van der Waals surface area contributed by atoms with E-state index in [0.29, 0.717) is 17.0 Å². The summed E-state index contributed by atoms with van der Waals surface area (Å²) in [5.74, 6) is -2.53. The molecule has 2 heterocycles. The van der Waals surface area contributed by atoms with E-state index in [1.54, 1.807) is 12.1 Å². The predicted molar refractivity (Wildman–Crippen MR) is 101 cm³/mol. The highest BCUT2D eigenvalue weighted by atomic mass is 35.5. The van der Waals surface area contributed by atoms with E-state index in [2.05, 4.69) is 9.84 Å². The van der Waals surface area contributed by atoms with Gasteiger partial charge >= 0.3 is 5.97 Å². The number of halogens is 2. The summed E-state index contributed by atoms with van der Waals surface area (Å²) in [7, 11) is 2.72. The van der Waals surface area contributed by atoms with Crippen molar-refractivity contribution < 1.29 is 23.1 Å². The number of ether oxygens (including phenoxy) is 2. The number of methoxy groups -OCH3 is 2. The van der Waals surface area contributed by atoms with Crippen LogP contribution in [0, 0.1) is 18.3 Å². The number of rotatable bonds is 5. The predicted octanol–water partition coefficient (Wildman–Crippen LogP) is 4.33. The van der Waals surface area contributed by atoms with E-state index in [1.165, 1.54) is 32.6 Å². The van der Waals surface area contributed by atoms with E-state index in [9.17, 15) is 9.18 Å². The molecule has 0 N–H and O–H groups in total. The molecule has 0 amide bonds. The smallest absolute Gasteiger partial charge is 0.314 e. The van der Waals surface area contributed by atoms with Crippen LogP contribution in [0.5, 0.6) is 0 Å². The molecular weight excluding hydrogens is 387 g/mol. The van der Waals surface area contributed by atoms with Crippen molar-refractivity contribution in [2.24, 2.45) is 10.9 Å². The Morgan fingerprint density at radius 1 is 1.39 bits per heavy atom. The third kappa shape index (κ3) is 3.57. The molecule has 2 unspecified atom stereocenters. The molecule has 0 aliphatic carbocycles. The zero-order valence-electron chi connectivity index (χ0n) is 15.1. The number of hydrogen-bond donors (Lipinski definition) is 0. The molecule has 3 rings (SSSR count). The van der Waals surface area contributed by atoms with Gasteiger partial charge in [0.2, 0.25) is 5.70 Å². The lowest BCUT2D eigenvalue weighted by Crippen LogP contribution is -2.37. The van der Waals surface area contributed by atoms with Crippen molar-refractivity contribution in [2.75, 3.05) is 20.8 Å². The second-order valence-corrected chi connectivity index (χ2v) is 6.41. The van der Waals surface area contributed by atoms with Gasteiger partial charge in [0.25, 0.3) is 0 Å². The van der Waals surface area contributed by atoms with Crippen LogP contribution < -0.4 is 0 Å². The number of esters is 1. The Morgan fingerprint density at radius 3 is 2.75 bits per heavy atom. The lowest BCUT2D eigenvalue weighted by atomic mass is 9.78. The van der Waals surface area contributed by atoms with Gasteiger partial charge in [-0.3, -0.25) is 9.79 Å². The van der Waals surface area contributed by atoms with Crippen LogP contribution in [0.1, 0.15) is 17.2 Å². The Morgan fingerprint density at radius 2 is 2.18 bits per heavy atom. The fourth-order valence-corrected chi connectivity index (χ4v) is 3.52. The fourth-order valence-electron chi connectivity index (χ4n) is 3.23. The summed E-state index contributed by atoms with van der Waals surface area (Å²) in [6.07, 6.45) is 1.46. The van der Waals surface area contributed by atoms with Gasteiger partial charge in [0, 0.05) is 18.1 Å². The maximum Gasteiger partial charge on any atom is 0.314 e. The molecule has 0 radical (unpaired) electrons. The molecule has 144 valence electrons. The van der Waals surface area contributed by atoms with Gasteiger partial charge in [-0.2, -0.15) is 0 Å². The van der Waals surface area contributed by atoms with E-state index < -0.39 is 23.6 Å². The van der Waals surface area contributed by atoms with Gasteiger partial charge in [0.1, 0.15) is 17.3 Å². The van der Waals surface area contributed by atoms with Crippen LogP contribution in [0.4, 0.5) is 4.39 Å². The van der Waals surface area contributed by atoms with E-state index in [-0.39, 0.29) is 23.0 Å². The largest absolute Gasteiger partial charge is 0.469 e. The van der Waals surface area contributed by atoms with Crippen LogP contribution in [0.15, 0.2) is 51.7 Å². The van der Waals surface area contributed by atoms with Crippen molar-refractivity contribution in [1.29, 1.82) is 0 Å². The highest BCUT2D eigenvalue weighted by Crippen LogP contribution is 2.45. The summed E-state index contributed by atoms with van der Waals surface area (Å²) >= 11 is 6.28. The minimum absolute atomic E-state index is 0.0323. The van der Waals surface area contributed by atoms with Crippen molar-refractivity contribution in [3.63, 3.8) is 0 Å². The number of nitrogens with zero attached hydrogens (tertiary/aromatic N) is 2. The van der Waals surface area contributed by atoms with Crippen LogP contribution in [0.25, 0.3) is 10.5 Å². The van der Waals surface area contributed by atoms with Gasteiger partial charge in [-0.15, -0.1) is 0 Å². The maximum atomic E-state index is 13.6. The molecule has 0 saturated heterocycles. The van der Waals surface area contributed by atoms with Crippen LogP contribution in [0.2, 0.25) is 5.02 Å². The van der Waals surface area contributed by atoms with E-state index in [0.717, 1.165) is 6.07 Å². The summed E-state index contributed by atoms with van der Waals surface area (Å²) in [6, 6.07) is 7.16. The van der Waals surface area contributed by atoms with Gasteiger partial charge in [-0.05, 0) is 29.8 Å². The number of aliphatic imine (C=N–C) groups is 1. The van der Waals surface area contributed by atoms with Crippen molar-refractivity contribution in [1.82, 2.24) is 0 Å². The first-order valence-corrected chi connectivity index (χ1v) is 8.64. The van der Waals surface area contributed by atoms with Crippen LogP contribution in [-0.2, 0) is 14.3 Å². The van der Waals surface area contributed by atoms with Crippen molar-refractivity contribution >= 4 is 29.0 Å². The maximum absolute atomic E-state index is 13.6. The quantitative estimate of drug-likeness (QED) is 0.551. The van der Waals surface area contributed by atoms with Crippen molar-refractivity contribution in [3.05, 3.63) is 75.9 Å². The molecular formula is C20H16ClFN2O4. The standard InChI is InChI=1S/C20H16ClFN2O4/c1-23-19-16(12-7-6-11(22)9-13(12)21)17(20(25)27-3)14(10-26-2)24-18(19)15-5-4-8-28-15/h4-9,16-17H,10H2,2-3H3. The lowest BCUT2D eigenvalue weighted by molar-refractivity contribution is -0.143. The summed E-state index contributed by atoms with van der Waals surface area (Å²) < 4.78 is 29.2. The number of carbonyl (C=O) groups is 1. The van der Waals surface area contributed by atoms with Gasteiger partial charge < -0.3 is 13.9 Å². The van der Waals surface area contributed by atoms with Crippen LogP contribution >= 0.6 is 11.6 Å². The summed E-state index contributed by atoms with van der Waals surface area (Å²) in [6.45, 7) is 7.77. The first kappa shape index (κ1) is 19.8. The molecule has 1 aromatic heterocycles. The van der Waals surface area contributed by atoms with Gasteiger partial charge in [-0.1, -0.05) is 17.7 Å². The normalized spacial score (nSPS) is 19.2. The lowest BCUT2D eigenvalue weighted by Gasteiger charge is -2.31. The zero-order chi connectivity index (χ0) is 20.3. The summed E-state index contributed by atoms with van der Waals surface area (Å²) in [4.78, 5) is 20.8. The summed E-state index contributed by atoms with van der Waals surface area (Å²) in [5, 5.41) is 0.0949. The van der Waals surface area contributed by atoms with Crippen molar-refractivity contribution in [2.45, 2.75) is 5.92 Å². The Hall–Kier alpha value is -2.95. The van der Waals surface area contributed by atoms with E-state index in [4.69, 9.17) is 32.1 Å². The Kier molecular flexibility index (Phi) is 5.93. The van der Waals surface area contributed by atoms with Gasteiger partial charge in [0.15, 0.2) is 0 Å². The Labute approximate surface area is 166 Å². The molecule has 28 heavy (non-hydrogen) atoms. The van der Waals surface area contributed by atoms with Crippen LogP contribution in [-0.4, -0.2) is 32.5 Å². The molecule has 0 bridgehead atoms. The average molecular weight is 403 g/mol. The van der Waals surface area contributed by atoms with Gasteiger partial charge in [-0.25, -0.2) is 9.24 Å². The van der Waals surface area contributed by atoms with E-state index >= 15 is 0 Å². The minimum atomic E-state index is -0.948. The monoisotopic (exact) mass is 402 g/mol. The molecule has 6 nitrogen and oxygen atoms in total. The molecule has 2 aromatic rings. The molecule has 1 aliphatic heterocycles. The van der Waals surface area contributed by atoms with Gasteiger partial charge in [0.05, 0.1) is 38.2 Å². The number of allylic oxidation sites excluding steroid dienone is 1. The molecule has 1 aliphatic rings. The second kappa shape index (κ2) is 8.38. The zero-order valence-corrected chi connectivity index (χ0v) is 15.9. The third-order valence-electron chi connectivity index (χ3n) is 4.40. The Balaban J connectivity index is 2.30. The molecule has 0 saturated carbocycles. The summed E-state index contributed by atoms with van der Waals surface area (Å²) in [5.41, 5.74) is 1.20. The molecule has 8 heteroatoms. The SMILES string of the molecule is [C-]#[N+]C1=C(c2ccco2)N=C(COC)C(C(=O)OC)C1c1ccc(F)cc1Cl. The first-order chi connectivity index (χ1) is 13.5. The molecule has 1 aromatic carbocycles. The first-order valence-electron chi connectivity index (χ1n) is 8.26. The highest BCUT2D eigenvalue weighted by Gasteiger charge is 2.43. The molecule has 2 atom stereocenters. The van der Waals surface area contributed by atoms with Crippen LogP contribution in [0.3, 0.4) is 0 Å². The van der Waals surface area contributed by atoms with E-state index in [1.807, 2.05) is 0 Å². The molecule has 0 spiro atoms. The third-order valence-corrected chi connectivity index (χ3v) is 4.73. The number of furan rings is 1. The fraction of sp³-hybridized carbons (Fsp3) is 0.250.